The maximum Gasteiger partial charge on any atom is 0.293 e. The van der Waals surface area contributed by atoms with Gasteiger partial charge in [-0.05, 0) is 50.3 Å². The predicted octanol–water partition coefficient (Wildman–Crippen LogP) is 2.44. The second kappa shape index (κ2) is 9.63. The fourth-order valence-corrected chi connectivity index (χ4v) is 4.74. The summed E-state index contributed by atoms with van der Waals surface area (Å²) in [5, 5.41) is 11.7. The standard InChI is InChI=1S/C21H28N4O5S/c1-23(2)13-11-22-31(28,29)19-8-9-20(21(14-19)25(26)27)24-12-10-17(15-24)16-4-6-18(30-3)7-5-16/h4-9,14,17,22H,10-13,15H2,1-3H3. The quantitative estimate of drug-likeness (QED) is 0.464. The van der Waals surface area contributed by atoms with E-state index in [1.807, 2.05) is 48.2 Å². The molecule has 31 heavy (non-hydrogen) atoms. The summed E-state index contributed by atoms with van der Waals surface area (Å²) in [6.45, 7) is 2.03. The van der Waals surface area contributed by atoms with Crippen LogP contribution in [0.15, 0.2) is 47.4 Å². The summed E-state index contributed by atoms with van der Waals surface area (Å²) in [7, 11) is 1.47. The number of hydrogen-bond acceptors (Lipinski definition) is 7. The van der Waals surface area contributed by atoms with Gasteiger partial charge in [-0.25, -0.2) is 13.1 Å². The van der Waals surface area contributed by atoms with E-state index in [0.29, 0.717) is 25.3 Å². The van der Waals surface area contributed by atoms with Crippen LogP contribution >= 0.6 is 0 Å². The molecule has 0 bridgehead atoms. The number of anilines is 1. The normalized spacial score (nSPS) is 16.6. The Morgan fingerprint density at radius 3 is 2.55 bits per heavy atom. The van der Waals surface area contributed by atoms with Crippen LogP contribution in [0.2, 0.25) is 0 Å². The molecule has 0 amide bonds. The van der Waals surface area contributed by atoms with Crippen LogP contribution in [0, 0.1) is 10.1 Å². The molecule has 0 aromatic heterocycles. The Balaban J connectivity index is 1.79. The number of sulfonamides is 1. The lowest BCUT2D eigenvalue weighted by Crippen LogP contribution is -2.31. The van der Waals surface area contributed by atoms with Gasteiger partial charge in [0.15, 0.2) is 0 Å². The first-order valence-electron chi connectivity index (χ1n) is 10.0. The SMILES string of the molecule is COc1ccc(C2CCN(c3ccc(S(=O)(=O)NCCN(C)C)cc3[N+](=O)[O-])C2)cc1. The Bertz CT molecular complexity index is 1020. The number of benzene rings is 2. The van der Waals surface area contributed by atoms with E-state index < -0.39 is 14.9 Å². The fourth-order valence-electron chi connectivity index (χ4n) is 3.70. The van der Waals surface area contributed by atoms with Crippen LogP contribution in [0.4, 0.5) is 11.4 Å². The van der Waals surface area contributed by atoms with Crippen molar-refractivity contribution in [2.75, 3.05) is 52.3 Å². The van der Waals surface area contributed by atoms with Crippen molar-refractivity contribution in [3.8, 4) is 5.75 Å². The van der Waals surface area contributed by atoms with E-state index >= 15 is 0 Å². The first-order valence-corrected chi connectivity index (χ1v) is 11.5. The summed E-state index contributed by atoms with van der Waals surface area (Å²) >= 11 is 0. The minimum atomic E-state index is -3.82. The van der Waals surface area contributed by atoms with Gasteiger partial charge in [-0.3, -0.25) is 10.1 Å². The number of nitrogens with zero attached hydrogens (tertiary/aromatic N) is 3. The van der Waals surface area contributed by atoms with E-state index in [4.69, 9.17) is 4.74 Å². The molecule has 1 fully saturated rings. The van der Waals surface area contributed by atoms with Crippen molar-refractivity contribution in [3.63, 3.8) is 0 Å². The molecule has 1 N–H and O–H groups in total. The van der Waals surface area contributed by atoms with Crippen molar-refractivity contribution in [2.45, 2.75) is 17.2 Å². The van der Waals surface area contributed by atoms with Gasteiger partial charge in [-0.15, -0.1) is 0 Å². The second-order valence-corrected chi connectivity index (χ2v) is 9.58. The summed E-state index contributed by atoms with van der Waals surface area (Å²) < 4.78 is 32.7. The Hall–Kier alpha value is -2.69. The van der Waals surface area contributed by atoms with Crippen LogP contribution in [0.5, 0.6) is 5.75 Å². The second-order valence-electron chi connectivity index (χ2n) is 7.81. The third-order valence-corrected chi connectivity index (χ3v) is 6.88. The average molecular weight is 449 g/mol. The molecule has 1 unspecified atom stereocenters. The Morgan fingerprint density at radius 2 is 1.94 bits per heavy atom. The minimum absolute atomic E-state index is 0.104. The summed E-state index contributed by atoms with van der Waals surface area (Å²) in [5.41, 5.74) is 1.38. The third kappa shape index (κ3) is 5.52. The Kier molecular flexibility index (Phi) is 7.14. The molecule has 0 radical (unpaired) electrons. The highest BCUT2D eigenvalue weighted by Crippen LogP contribution is 2.37. The summed E-state index contributed by atoms with van der Waals surface area (Å²) in [4.78, 5) is 14.9. The maximum absolute atomic E-state index is 12.5. The van der Waals surface area contributed by atoms with Crippen molar-refractivity contribution < 1.29 is 18.1 Å². The van der Waals surface area contributed by atoms with Gasteiger partial charge < -0.3 is 14.5 Å². The summed E-state index contributed by atoms with van der Waals surface area (Å²) in [5.74, 6) is 1.02. The molecule has 10 heteroatoms. The first-order chi connectivity index (χ1) is 14.7. The van der Waals surface area contributed by atoms with Gasteiger partial charge in [0.2, 0.25) is 10.0 Å². The average Bonchev–Trinajstić information content (AvgIpc) is 3.23. The van der Waals surface area contributed by atoms with Crippen LogP contribution in [-0.2, 0) is 10.0 Å². The van der Waals surface area contributed by atoms with E-state index in [9.17, 15) is 18.5 Å². The number of hydrogen-bond donors (Lipinski definition) is 1. The predicted molar refractivity (Wildman–Crippen MR) is 119 cm³/mol. The highest BCUT2D eigenvalue weighted by atomic mass is 32.2. The molecule has 0 spiro atoms. The number of rotatable bonds is 9. The zero-order chi connectivity index (χ0) is 22.6. The van der Waals surface area contributed by atoms with Crippen LogP contribution in [0.25, 0.3) is 0 Å². The zero-order valence-electron chi connectivity index (χ0n) is 17.9. The van der Waals surface area contributed by atoms with E-state index in [-0.39, 0.29) is 23.0 Å². The lowest BCUT2D eigenvalue weighted by atomic mass is 9.98. The van der Waals surface area contributed by atoms with Gasteiger partial charge in [-0.2, -0.15) is 0 Å². The van der Waals surface area contributed by atoms with Crippen molar-refractivity contribution in [1.82, 2.24) is 9.62 Å². The molecule has 1 aliphatic heterocycles. The highest BCUT2D eigenvalue weighted by Gasteiger charge is 2.30. The van der Waals surface area contributed by atoms with Crippen molar-refractivity contribution in [1.29, 1.82) is 0 Å². The van der Waals surface area contributed by atoms with Gasteiger partial charge in [0.25, 0.3) is 5.69 Å². The molecule has 0 aliphatic carbocycles. The van der Waals surface area contributed by atoms with Crippen molar-refractivity contribution >= 4 is 21.4 Å². The van der Waals surface area contributed by atoms with E-state index in [1.54, 1.807) is 7.11 Å². The molecule has 1 heterocycles. The van der Waals surface area contributed by atoms with Gasteiger partial charge in [0.05, 0.1) is 16.9 Å². The smallest absolute Gasteiger partial charge is 0.293 e. The number of nitrogens with one attached hydrogen (secondary N) is 1. The van der Waals surface area contributed by atoms with E-state index in [1.165, 1.54) is 12.1 Å². The molecule has 2 aromatic carbocycles. The van der Waals surface area contributed by atoms with Gasteiger partial charge in [0.1, 0.15) is 11.4 Å². The van der Waals surface area contributed by atoms with Crippen LogP contribution in [-0.4, -0.2) is 65.6 Å². The molecule has 0 saturated carbocycles. The molecular weight excluding hydrogens is 420 g/mol. The first kappa shape index (κ1) is 23.0. The van der Waals surface area contributed by atoms with Crippen LogP contribution in [0.1, 0.15) is 17.9 Å². The summed E-state index contributed by atoms with van der Waals surface area (Å²) in [6, 6.07) is 11.9. The largest absolute Gasteiger partial charge is 0.497 e. The highest BCUT2D eigenvalue weighted by molar-refractivity contribution is 7.89. The van der Waals surface area contributed by atoms with Gasteiger partial charge >= 0.3 is 0 Å². The molecule has 168 valence electrons. The van der Waals surface area contributed by atoms with Crippen molar-refractivity contribution in [3.05, 3.63) is 58.1 Å². The molecule has 1 atom stereocenters. The van der Waals surface area contributed by atoms with Crippen molar-refractivity contribution in [2.24, 2.45) is 0 Å². The third-order valence-electron chi connectivity index (χ3n) is 5.42. The Morgan fingerprint density at radius 1 is 1.23 bits per heavy atom. The van der Waals surface area contributed by atoms with E-state index in [0.717, 1.165) is 23.8 Å². The zero-order valence-corrected chi connectivity index (χ0v) is 18.8. The molecule has 9 nitrogen and oxygen atoms in total. The van der Waals surface area contributed by atoms with Gasteiger partial charge in [0, 0.05) is 38.2 Å². The topological polar surface area (TPSA) is 105 Å². The lowest BCUT2D eigenvalue weighted by Gasteiger charge is -2.19. The number of nitro groups is 1. The molecule has 2 aromatic rings. The Labute approximate surface area is 182 Å². The monoisotopic (exact) mass is 448 g/mol. The number of methoxy groups -OCH3 is 1. The molecule has 1 saturated heterocycles. The van der Waals surface area contributed by atoms with E-state index in [2.05, 4.69) is 4.72 Å². The van der Waals surface area contributed by atoms with Crippen LogP contribution < -0.4 is 14.4 Å². The fraction of sp³-hybridized carbons (Fsp3) is 0.429. The van der Waals surface area contributed by atoms with Crippen LogP contribution in [0.3, 0.4) is 0 Å². The van der Waals surface area contributed by atoms with Gasteiger partial charge in [-0.1, -0.05) is 12.1 Å². The molecule has 3 rings (SSSR count). The minimum Gasteiger partial charge on any atom is -0.497 e. The summed E-state index contributed by atoms with van der Waals surface area (Å²) in [6.07, 6.45) is 0.857. The molecule has 1 aliphatic rings. The number of nitro benzene ring substituents is 1. The lowest BCUT2D eigenvalue weighted by molar-refractivity contribution is -0.384. The number of ether oxygens (including phenoxy) is 1. The molecular formula is C21H28N4O5S. The maximum atomic E-state index is 12.5. The number of likely N-dealkylation sites (N-methyl/N-ethyl adjacent to an activating group) is 1.